The minimum Gasteiger partial charge on any atom is -0.399 e. The van der Waals surface area contributed by atoms with Crippen LogP contribution in [-0.2, 0) is 28.7 Å². The van der Waals surface area contributed by atoms with E-state index in [4.69, 9.17) is 9.31 Å². The number of hydrogen-bond acceptors (Lipinski definition) is 3. The fraction of sp³-hybridized carbons (Fsp3) is 0.542. The molecular formula is C24H30BFN2O3. The Morgan fingerprint density at radius 3 is 2.39 bits per heavy atom. The molecule has 7 heteroatoms. The fourth-order valence-electron chi connectivity index (χ4n) is 5.05. The number of hydrogen-bond donors (Lipinski definition) is 0. The van der Waals surface area contributed by atoms with Crippen LogP contribution in [0.15, 0.2) is 18.2 Å². The van der Waals surface area contributed by atoms with Gasteiger partial charge < -0.3 is 18.8 Å². The first-order valence-corrected chi connectivity index (χ1v) is 11.3. The molecule has 1 amide bonds. The summed E-state index contributed by atoms with van der Waals surface area (Å²) in [7, 11) is -0.671. The Morgan fingerprint density at radius 2 is 1.68 bits per heavy atom. The number of rotatable bonds is 2. The van der Waals surface area contributed by atoms with Crippen molar-refractivity contribution in [2.45, 2.75) is 78.0 Å². The van der Waals surface area contributed by atoms with Crippen LogP contribution in [0.1, 0.15) is 67.8 Å². The van der Waals surface area contributed by atoms with E-state index in [1.165, 1.54) is 36.2 Å². The van der Waals surface area contributed by atoms with Gasteiger partial charge in [0.25, 0.3) is 5.91 Å². The molecule has 0 spiro atoms. The lowest BCUT2D eigenvalue weighted by atomic mass is 9.75. The Balaban J connectivity index is 1.52. The number of amides is 1. The summed E-state index contributed by atoms with van der Waals surface area (Å²) in [6.07, 6.45) is 4.42. The van der Waals surface area contributed by atoms with Crippen molar-refractivity contribution < 1.29 is 18.5 Å². The molecule has 1 aliphatic carbocycles. The van der Waals surface area contributed by atoms with Crippen LogP contribution >= 0.6 is 0 Å². The molecule has 31 heavy (non-hydrogen) atoms. The molecule has 0 bridgehead atoms. The molecule has 5 nitrogen and oxygen atoms in total. The second-order valence-corrected chi connectivity index (χ2v) is 10.0. The monoisotopic (exact) mass is 424 g/mol. The summed E-state index contributed by atoms with van der Waals surface area (Å²) in [4.78, 5) is 15.2. The zero-order valence-corrected chi connectivity index (χ0v) is 19.0. The molecule has 0 atom stereocenters. The maximum absolute atomic E-state index is 14.8. The highest BCUT2D eigenvalue weighted by Gasteiger charge is 2.52. The van der Waals surface area contributed by atoms with Crippen molar-refractivity contribution in [3.63, 3.8) is 0 Å². The Kier molecular flexibility index (Phi) is 4.65. The van der Waals surface area contributed by atoms with Crippen LogP contribution in [0.4, 0.5) is 10.1 Å². The van der Waals surface area contributed by atoms with E-state index >= 15 is 0 Å². The molecule has 1 aromatic heterocycles. The van der Waals surface area contributed by atoms with Crippen LogP contribution in [-0.4, -0.2) is 35.3 Å². The van der Waals surface area contributed by atoms with Crippen LogP contribution in [0, 0.1) is 12.7 Å². The largest absolute Gasteiger partial charge is 0.495 e. The number of carbonyl (C=O) groups is 1. The van der Waals surface area contributed by atoms with Crippen molar-refractivity contribution in [3.05, 3.63) is 46.5 Å². The van der Waals surface area contributed by atoms with Crippen LogP contribution in [0.2, 0.25) is 0 Å². The summed E-state index contributed by atoms with van der Waals surface area (Å²) in [5, 5.41) is 0. The Hall–Kier alpha value is -2.12. The fourth-order valence-corrected chi connectivity index (χ4v) is 5.05. The van der Waals surface area contributed by atoms with E-state index in [-0.39, 0.29) is 5.91 Å². The van der Waals surface area contributed by atoms with Crippen molar-refractivity contribution in [3.8, 4) is 0 Å². The van der Waals surface area contributed by atoms with Gasteiger partial charge in [-0.1, -0.05) is 0 Å². The van der Waals surface area contributed by atoms with E-state index in [2.05, 4.69) is 4.57 Å². The summed E-state index contributed by atoms with van der Waals surface area (Å²) in [6.45, 7) is 11.1. The number of anilines is 1. The zero-order chi connectivity index (χ0) is 22.1. The summed E-state index contributed by atoms with van der Waals surface area (Å²) in [6, 6.07) is 4.98. The van der Waals surface area contributed by atoms with E-state index < -0.39 is 24.1 Å². The predicted molar refractivity (Wildman–Crippen MR) is 120 cm³/mol. The summed E-state index contributed by atoms with van der Waals surface area (Å²) in [5.74, 6) is -0.451. The minimum absolute atomic E-state index is 0.0609. The third kappa shape index (κ3) is 3.16. The molecule has 0 N–H and O–H groups in total. The molecule has 2 aliphatic heterocycles. The molecule has 0 radical (unpaired) electrons. The summed E-state index contributed by atoms with van der Waals surface area (Å²) in [5.41, 5.74) is 4.35. The molecule has 1 fully saturated rings. The van der Waals surface area contributed by atoms with Gasteiger partial charge in [-0.3, -0.25) is 4.79 Å². The van der Waals surface area contributed by atoms with Gasteiger partial charge in [-0.25, -0.2) is 4.39 Å². The SMILES string of the molecule is Cc1c(B2OC(C)(C)C(C)(C)O2)cc(F)cc1N1CCn2c(cc3c2CCCC3)C1=O. The van der Waals surface area contributed by atoms with E-state index in [0.29, 0.717) is 17.7 Å². The molecule has 5 rings (SSSR count). The van der Waals surface area contributed by atoms with E-state index in [1.54, 1.807) is 4.90 Å². The van der Waals surface area contributed by atoms with Gasteiger partial charge >= 0.3 is 7.12 Å². The molecule has 3 aliphatic rings. The second kappa shape index (κ2) is 6.94. The first kappa shape index (κ1) is 20.8. The smallest absolute Gasteiger partial charge is 0.399 e. The molecule has 1 aromatic carbocycles. The number of nitrogens with zero attached hydrogens (tertiary/aromatic N) is 2. The third-order valence-electron chi connectivity index (χ3n) is 7.60. The second-order valence-electron chi connectivity index (χ2n) is 10.0. The Morgan fingerprint density at radius 1 is 1.00 bits per heavy atom. The minimum atomic E-state index is -0.671. The van der Waals surface area contributed by atoms with Crippen molar-refractivity contribution in [2.24, 2.45) is 0 Å². The lowest BCUT2D eigenvalue weighted by Gasteiger charge is -2.32. The van der Waals surface area contributed by atoms with Crippen LogP contribution in [0.5, 0.6) is 0 Å². The van der Waals surface area contributed by atoms with Gasteiger partial charge in [0.1, 0.15) is 11.5 Å². The molecular weight excluding hydrogens is 394 g/mol. The number of fused-ring (bicyclic) bond motifs is 3. The van der Waals surface area contributed by atoms with E-state index in [1.807, 2.05) is 40.7 Å². The van der Waals surface area contributed by atoms with Crippen molar-refractivity contribution in [1.29, 1.82) is 0 Å². The van der Waals surface area contributed by atoms with Gasteiger partial charge in [0.05, 0.1) is 11.2 Å². The lowest BCUT2D eigenvalue weighted by molar-refractivity contribution is 0.00578. The number of aryl methyl sites for hydroxylation is 1. The van der Waals surface area contributed by atoms with Gasteiger partial charge in [0.2, 0.25) is 0 Å². The van der Waals surface area contributed by atoms with Crippen LogP contribution in [0.25, 0.3) is 0 Å². The van der Waals surface area contributed by atoms with E-state index in [0.717, 1.165) is 30.6 Å². The average Bonchev–Trinajstić information content (AvgIpc) is 3.18. The van der Waals surface area contributed by atoms with E-state index in [9.17, 15) is 9.18 Å². The highest BCUT2D eigenvalue weighted by Crippen LogP contribution is 2.38. The quantitative estimate of drug-likeness (QED) is 0.690. The highest BCUT2D eigenvalue weighted by molar-refractivity contribution is 6.62. The van der Waals surface area contributed by atoms with Gasteiger partial charge in [0.15, 0.2) is 0 Å². The van der Waals surface area contributed by atoms with Crippen LogP contribution in [0.3, 0.4) is 0 Å². The first-order valence-electron chi connectivity index (χ1n) is 11.3. The number of carbonyl (C=O) groups excluding carboxylic acids is 1. The third-order valence-corrected chi connectivity index (χ3v) is 7.60. The molecule has 3 heterocycles. The standard InChI is InChI=1S/C24H30BFN2O3/c1-15-18(25-30-23(2,3)24(4,5)31-25)13-17(26)14-20(15)28-11-10-27-19-9-7-6-8-16(19)12-21(27)22(28)29/h12-14H,6-11H2,1-5H3. The summed E-state index contributed by atoms with van der Waals surface area (Å²) < 4.78 is 29.3. The normalized spacial score (nSPS) is 21.9. The number of aromatic nitrogens is 1. The molecule has 0 saturated carbocycles. The molecule has 164 valence electrons. The number of halogens is 1. The number of benzene rings is 1. The zero-order valence-electron chi connectivity index (χ0n) is 19.0. The maximum atomic E-state index is 14.8. The topological polar surface area (TPSA) is 43.7 Å². The van der Waals surface area contributed by atoms with Crippen molar-refractivity contribution in [2.75, 3.05) is 11.4 Å². The maximum Gasteiger partial charge on any atom is 0.495 e. The Bertz CT molecular complexity index is 1060. The first-order chi connectivity index (χ1) is 14.6. The molecule has 2 aromatic rings. The van der Waals surface area contributed by atoms with Gasteiger partial charge in [-0.2, -0.15) is 0 Å². The predicted octanol–water partition coefficient (Wildman–Crippen LogP) is 3.77. The lowest BCUT2D eigenvalue weighted by Crippen LogP contribution is -2.43. The van der Waals surface area contributed by atoms with Gasteiger partial charge in [-0.15, -0.1) is 0 Å². The average molecular weight is 424 g/mol. The molecule has 1 saturated heterocycles. The van der Waals surface area contributed by atoms with Gasteiger partial charge in [-0.05, 0) is 95.1 Å². The van der Waals surface area contributed by atoms with Crippen molar-refractivity contribution >= 4 is 24.2 Å². The highest BCUT2D eigenvalue weighted by atomic mass is 19.1. The van der Waals surface area contributed by atoms with Crippen molar-refractivity contribution in [1.82, 2.24) is 4.57 Å². The molecule has 0 unspecified atom stereocenters. The van der Waals surface area contributed by atoms with Crippen LogP contribution < -0.4 is 10.4 Å². The van der Waals surface area contributed by atoms with Gasteiger partial charge in [0, 0.05) is 24.5 Å². The summed E-state index contributed by atoms with van der Waals surface area (Å²) >= 11 is 0. The Labute approximate surface area is 183 Å².